The van der Waals surface area contributed by atoms with Crippen LogP contribution in [0.25, 0.3) is 0 Å². The number of carbonyl (C=O) groups excluding carboxylic acids is 2. The number of aromatic hydroxyl groups is 1. The summed E-state index contributed by atoms with van der Waals surface area (Å²) in [5.74, 6) is -1.66. The van der Waals surface area contributed by atoms with Crippen LogP contribution in [0.2, 0.25) is 0 Å². The highest BCUT2D eigenvalue weighted by Crippen LogP contribution is 2.23. The van der Waals surface area contributed by atoms with Crippen molar-refractivity contribution in [3.63, 3.8) is 0 Å². The summed E-state index contributed by atoms with van der Waals surface area (Å²) in [6.07, 6.45) is 0. The number of hydrazone groups is 1. The Morgan fingerprint density at radius 3 is 2.67 bits per heavy atom. The fraction of sp³-hybridized carbons (Fsp3) is 0.182. The number of benzene rings is 1. The first-order chi connectivity index (χ1) is 8.45. The van der Waals surface area contributed by atoms with Gasteiger partial charge >= 0.3 is 11.8 Å². The summed E-state index contributed by atoms with van der Waals surface area (Å²) in [7, 11) is 1.48. The lowest BCUT2D eigenvalue weighted by Gasteiger charge is -2.06. The molecule has 2 amide bonds. The third-order valence-electron chi connectivity index (χ3n) is 2.14. The second-order valence-electron chi connectivity index (χ2n) is 3.39. The molecule has 96 valence electrons. The lowest BCUT2D eigenvalue weighted by molar-refractivity contribution is -0.137. The molecule has 0 unspecified atom stereocenters. The van der Waals surface area contributed by atoms with Gasteiger partial charge in [0.25, 0.3) is 0 Å². The number of methoxy groups -OCH3 is 1. The minimum atomic E-state index is -1.14. The van der Waals surface area contributed by atoms with Gasteiger partial charge in [-0.3, -0.25) is 9.59 Å². The van der Waals surface area contributed by atoms with E-state index >= 15 is 0 Å². The molecule has 0 aliphatic heterocycles. The summed E-state index contributed by atoms with van der Waals surface area (Å²) in [5.41, 5.74) is 7.40. The first-order valence-electron chi connectivity index (χ1n) is 4.97. The summed E-state index contributed by atoms with van der Waals surface area (Å²) in [6.45, 7) is 1.55. The molecule has 0 saturated heterocycles. The summed E-state index contributed by atoms with van der Waals surface area (Å²) in [4.78, 5) is 21.4. The van der Waals surface area contributed by atoms with Crippen molar-refractivity contribution in [2.45, 2.75) is 6.92 Å². The Morgan fingerprint density at radius 2 is 2.11 bits per heavy atom. The smallest absolute Gasteiger partial charge is 0.329 e. The van der Waals surface area contributed by atoms with Crippen molar-refractivity contribution in [2.24, 2.45) is 10.8 Å². The molecule has 0 radical (unpaired) electrons. The lowest BCUT2D eigenvalue weighted by Crippen LogP contribution is -2.33. The number of rotatable bonds is 3. The van der Waals surface area contributed by atoms with Crippen molar-refractivity contribution >= 4 is 17.5 Å². The fourth-order valence-corrected chi connectivity index (χ4v) is 1.18. The highest BCUT2D eigenvalue weighted by Gasteiger charge is 2.09. The first kappa shape index (κ1) is 13.5. The van der Waals surface area contributed by atoms with Gasteiger partial charge in [-0.2, -0.15) is 5.10 Å². The quantitative estimate of drug-likeness (QED) is 0.389. The third kappa shape index (κ3) is 3.21. The predicted molar refractivity (Wildman–Crippen MR) is 64.2 cm³/mol. The zero-order chi connectivity index (χ0) is 13.7. The maximum Gasteiger partial charge on any atom is 0.329 e. The molecule has 0 spiro atoms. The molecule has 0 aliphatic carbocycles. The molecular formula is C11H13N3O4. The van der Waals surface area contributed by atoms with Crippen molar-refractivity contribution in [1.82, 2.24) is 5.43 Å². The topological polar surface area (TPSA) is 114 Å². The molecular weight excluding hydrogens is 238 g/mol. The second-order valence-corrected chi connectivity index (χ2v) is 3.39. The number of nitrogens with one attached hydrogen (secondary N) is 1. The van der Waals surface area contributed by atoms with Crippen LogP contribution < -0.4 is 15.9 Å². The van der Waals surface area contributed by atoms with E-state index in [1.54, 1.807) is 19.1 Å². The predicted octanol–water partition coefficient (Wildman–Crippen LogP) is -0.274. The van der Waals surface area contributed by atoms with Crippen LogP contribution in [0.4, 0.5) is 0 Å². The first-order valence-corrected chi connectivity index (χ1v) is 4.97. The number of amides is 2. The molecule has 0 aromatic heterocycles. The van der Waals surface area contributed by atoms with Crippen molar-refractivity contribution in [3.8, 4) is 11.5 Å². The maximum atomic E-state index is 10.9. The van der Waals surface area contributed by atoms with Gasteiger partial charge < -0.3 is 15.6 Å². The number of primary amides is 1. The van der Waals surface area contributed by atoms with E-state index in [9.17, 15) is 14.7 Å². The Hall–Kier alpha value is -2.57. The van der Waals surface area contributed by atoms with Gasteiger partial charge in [0.15, 0.2) is 0 Å². The largest absolute Gasteiger partial charge is 0.507 e. The van der Waals surface area contributed by atoms with E-state index in [4.69, 9.17) is 10.5 Å². The van der Waals surface area contributed by atoms with Crippen molar-refractivity contribution < 1.29 is 19.4 Å². The molecule has 18 heavy (non-hydrogen) atoms. The van der Waals surface area contributed by atoms with Crippen LogP contribution in [-0.2, 0) is 9.59 Å². The number of phenolic OH excluding ortho intramolecular Hbond substituents is 1. The van der Waals surface area contributed by atoms with Gasteiger partial charge in [0.1, 0.15) is 11.5 Å². The molecule has 0 fully saturated rings. The van der Waals surface area contributed by atoms with Gasteiger partial charge in [-0.15, -0.1) is 0 Å². The molecule has 1 aromatic rings. The Kier molecular flexibility index (Phi) is 4.25. The summed E-state index contributed by atoms with van der Waals surface area (Å²) in [5, 5.41) is 13.3. The van der Waals surface area contributed by atoms with Gasteiger partial charge in [0.2, 0.25) is 0 Å². The molecule has 0 aliphatic rings. The van der Waals surface area contributed by atoms with Crippen LogP contribution in [0, 0.1) is 0 Å². The van der Waals surface area contributed by atoms with Gasteiger partial charge in [-0.05, 0) is 25.1 Å². The summed E-state index contributed by atoms with van der Waals surface area (Å²) >= 11 is 0. The normalized spacial score (nSPS) is 10.9. The van der Waals surface area contributed by atoms with Crippen LogP contribution in [-0.4, -0.2) is 29.7 Å². The maximum absolute atomic E-state index is 10.9. The van der Waals surface area contributed by atoms with Gasteiger partial charge in [-0.1, -0.05) is 0 Å². The number of nitrogens with zero attached hydrogens (tertiary/aromatic N) is 1. The third-order valence-corrected chi connectivity index (χ3v) is 2.14. The zero-order valence-electron chi connectivity index (χ0n) is 9.93. The zero-order valence-corrected chi connectivity index (χ0v) is 9.93. The highest BCUT2D eigenvalue weighted by molar-refractivity contribution is 6.34. The summed E-state index contributed by atoms with van der Waals surface area (Å²) < 4.78 is 5.00. The second kappa shape index (κ2) is 5.67. The Labute approximate surface area is 103 Å². The fourth-order valence-electron chi connectivity index (χ4n) is 1.18. The van der Waals surface area contributed by atoms with E-state index in [1.807, 2.05) is 5.43 Å². The highest BCUT2D eigenvalue weighted by atomic mass is 16.5. The molecule has 1 aromatic carbocycles. The minimum Gasteiger partial charge on any atom is -0.507 e. The van der Waals surface area contributed by atoms with Crippen molar-refractivity contribution in [1.29, 1.82) is 0 Å². The number of nitrogens with two attached hydrogens (primary N) is 1. The molecule has 0 heterocycles. The van der Waals surface area contributed by atoms with Gasteiger partial charge in [0, 0.05) is 5.56 Å². The molecule has 4 N–H and O–H groups in total. The van der Waals surface area contributed by atoms with E-state index in [2.05, 4.69) is 5.10 Å². The van der Waals surface area contributed by atoms with Crippen molar-refractivity contribution in [2.75, 3.05) is 7.11 Å². The Balaban J connectivity index is 2.95. The van der Waals surface area contributed by atoms with E-state index in [0.29, 0.717) is 17.0 Å². The van der Waals surface area contributed by atoms with Crippen LogP contribution in [0.3, 0.4) is 0 Å². The Bertz CT molecular complexity index is 511. The molecule has 7 nitrogen and oxygen atoms in total. The minimum absolute atomic E-state index is 0.0228. The molecule has 0 saturated carbocycles. The number of phenols is 1. The molecule has 0 bridgehead atoms. The lowest BCUT2D eigenvalue weighted by atomic mass is 10.1. The van der Waals surface area contributed by atoms with Crippen molar-refractivity contribution in [3.05, 3.63) is 23.8 Å². The molecule has 7 heteroatoms. The van der Waals surface area contributed by atoms with Gasteiger partial charge in [0.05, 0.1) is 12.8 Å². The standard InChI is InChI=1S/C11H13N3O4/c1-6(13-14-11(17)10(12)16)8-5-7(18-2)3-4-9(8)15/h3-5,15H,1-2H3,(H2,12,16)(H,14,17)/b13-6+. The average molecular weight is 251 g/mol. The van der Waals surface area contributed by atoms with E-state index in [1.165, 1.54) is 13.2 Å². The van der Waals surface area contributed by atoms with E-state index < -0.39 is 11.8 Å². The number of carbonyl (C=O) groups is 2. The number of ether oxygens (including phenoxy) is 1. The van der Waals surface area contributed by atoms with Crippen LogP contribution in [0.15, 0.2) is 23.3 Å². The van der Waals surface area contributed by atoms with Crippen LogP contribution in [0.1, 0.15) is 12.5 Å². The summed E-state index contributed by atoms with van der Waals surface area (Å²) in [6, 6.07) is 4.56. The molecule has 1 rings (SSSR count). The van der Waals surface area contributed by atoms with Crippen LogP contribution in [0.5, 0.6) is 11.5 Å². The number of hydrogen-bond acceptors (Lipinski definition) is 5. The average Bonchev–Trinajstić information content (AvgIpc) is 2.35. The van der Waals surface area contributed by atoms with E-state index in [-0.39, 0.29) is 5.75 Å². The van der Waals surface area contributed by atoms with Crippen LogP contribution >= 0.6 is 0 Å². The molecule has 0 atom stereocenters. The number of hydrogen-bond donors (Lipinski definition) is 3. The SMILES string of the molecule is COc1ccc(O)c(/C(C)=N/NC(=O)C(N)=O)c1. The van der Waals surface area contributed by atoms with E-state index in [0.717, 1.165) is 0 Å². The Morgan fingerprint density at radius 1 is 1.44 bits per heavy atom. The monoisotopic (exact) mass is 251 g/mol. The van der Waals surface area contributed by atoms with Gasteiger partial charge in [-0.25, -0.2) is 5.43 Å².